The highest BCUT2D eigenvalue weighted by Gasteiger charge is 2.23. The molecule has 2 heterocycles. The van der Waals surface area contributed by atoms with Crippen LogP contribution in [0.25, 0.3) is 0 Å². The van der Waals surface area contributed by atoms with Gasteiger partial charge in [0.15, 0.2) is 0 Å². The minimum absolute atomic E-state index is 0.146. The van der Waals surface area contributed by atoms with Crippen molar-refractivity contribution in [2.75, 3.05) is 18.8 Å². The SMILES string of the molecule is CCCCNCCS(=O)(=O)N(Cc1cccs1)Cc1cccs1. The van der Waals surface area contributed by atoms with Gasteiger partial charge >= 0.3 is 0 Å². The first-order chi connectivity index (χ1) is 11.1. The standard InChI is InChI=1S/C16H24N2O2S3/c1-2-3-8-17-9-12-23(19,20)18(13-15-6-4-10-21-15)14-16-7-5-11-22-16/h4-7,10-11,17H,2-3,8-9,12-14H2,1H3. The summed E-state index contributed by atoms with van der Waals surface area (Å²) in [6.45, 7) is 4.41. The molecule has 0 aliphatic rings. The van der Waals surface area contributed by atoms with E-state index in [1.165, 1.54) is 0 Å². The predicted molar refractivity (Wildman–Crippen MR) is 99.4 cm³/mol. The molecule has 2 aromatic heterocycles. The van der Waals surface area contributed by atoms with E-state index in [0.717, 1.165) is 29.1 Å². The van der Waals surface area contributed by atoms with Crippen LogP contribution in [-0.4, -0.2) is 31.6 Å². The highest BCUT2D eigenvalue weighted by Crippen LogP contribution is 2.20. The van der Waals surface area contributed by atoms with E-state index in [-0.39, 0.29) is 5.75 Å². The molecular formula is C16H24N2O2S3. The van der Waals surface area contributed by atoms with Crippen molar-refractivity contribution >= 4 is 32.7 Å². The molecule has 0 spiro atoms. The van der Waals surface area contributed by atoms with Crippen LogP contribution in [-0.2, 0) is 23.1 Å². The highest BCUT2D eigenvalue weighted by atomic mass is 32.2. The van der Waals surface area contributed by atoms with E-state index in [1.54, 1.807) is 27.0 Å². The van der Waals surface area contributed by atoms with Gasteiger partial charge in [-0.25, -0.2) is 8.42 Å². The van der Waals surface area contributed by atoms with Crippen LogP contribution in [0.4, 0.5) is 0 Å². The molecule has 2 rings (SSSR count). The fourth-order valence-electron chi connectivity index (χ4n) is 2.16. The van der Waals surface area contributed by atoms with E-state index in [2.05, 4.69) is 12.2 Å². The molecule has 1 N–H and O–H groups in total. The molecule has 2 aromatic rings. The third-order valence-electron chi connectivity index (χ3n) is 3.46. The molecular weight excluding hydrogens is 348 g/mol. The fourth-order valence-corrected chi connectivity index (χ4v) is 5.10. The molecule has 4 nitrogen and oxygen atoms in total. The van der Waals surface area contributed by atoms with Gasteiger partial charge in [0.1, 0.15) is 0 Å². The van der Waals surface area contributed by atoms with Gasteiger partial charge in [0.2, 0.25) is 10.0 Å². The van der Waals surface area contributed by atoms with Gasteiger partial charge in [-0.3, -0.25) is 0 Å². The lowest BCUT2D eigenvalue weighted by Crippen LogP contribution is -2.35. The van der Waals surface area contributed by atoms with Gasteiger partial charge in [0.25, 0.3) is 0 Å². The summed E-state index contributed by atoms with van der Waals surface area (Å²) >= 11 is 3.19. The molecule has 0 aliphatic heterocycles. The number of nitrogens with zero attached hydrogens (tertiary/aromatic N) is 1. The Morgan fingerprint density at radius 2 is 1.65 bits per heavy atom. The number of unbranched alkanes of at least 4 members (excludes halogenated alkanes) is 1. The van der Waals surface area contributed by atoms with Crippen LogP contribution in [0.1, 0.15) is 29.5 Å². The maximum Gasteiger partial charge on any atom is 0.216 e. The van der Waals surface area contributed by atoms with Crippen molar-refractivity contribution in [3.63, 3.8) is 0 Å². The summed E-state index contributed by atoms with van der Waals surface area (Å²) in [5, 5.41) is 7.18. The lowest BCUT2D eigenvalue weighted by atomic mass is 10.3. The van der Waals surface area contributed by atoms with Crippen LogP contribution in [0.2, 0.25) is 0 Å². The average molecular weight is 373 g/mol. The van der Waals surface area contributed by atoms with Gasteiger partial charge in [-0.05, 0) is 35.9 Å². The molecule has 0 saturated carbocycles. The number of rotatable bonds is 11. The lowest BCUT2D eigenvalue weighted by molar-refractivity contribution is 0.406. The summed E-state index contributed by atoms with van der Waals surface area (Å²) in [5.41, 5.74) is 0. The van der Waals surface area contributed by atoms with Crippen LogP contribution in [0.3, 0.4) is 0 Å². The Labute approximate surface area is 147 Å². The molecule has 0 amide bonds. The van der Waals surface area contributed by atoms with Gasteiger partial charge in [0, 0.05) is 29.4 Å². The van der Waals surface area contributed by atoms with E-state index < -0.39 is 10.0 Å². The first kappa shape index (κ1) is 18.6. The van der Waals surface area contributed by atoms with Gasteiger partial charge in [0.05, 0.1) is 5.75 Å². The maximum atomic E-state index is 12.7. The van der Waals surface area contributed by atoms with Gasteiger partial charge in [-0.2, -0.15) is 4.31 Å². The topological polar surface area (TPSA) is 49.4 Å². The molecule has 0 unspecified atom stereocenters. The number of hydrogen-bond donors (Lipinski definition) is 1. The van der Waals surface area contributed by atoms with Crippen molar-refractivity contribution < 1.29 is 8.42 Å². The Hall–Kier alpha value is -0.730. The van der Waals surface area contributed by atoms with Crippen molar-refractivity contribution in [1.82, 2.24) is 9.62 Å². The molecule has 0 bridgehead atoms. The van der Waals surface area contributed by atoms with Crippen molar-refractivity contribution in [2.24, 2.45) is 0 Å². The molecule has 128 valence electrons. The minimum atomic E-state index is -3.28. The van der Waals surface area contributed by atoms with Crippen molar-refractivity contribution in [3.05, 3.63) is 44.8 Å². The zero-order chi connectivity index (χ0) is 16.5. The normalized spacial score (nSPS) is 12.1. The average Bonchev–Trinajstić information content (AvgIpc) is 3.20. The summed E-state index contributed by atoms with van der Waals surface area (Å²) in [5.74, 6) is 0.146. The first-order valence-corrected chi connectivity index (χ1v) is 11.2. The number of thiophene rings is 2. The van der Waals surface area contributed by atoms with Crippen molar-refractivity contribution in [2.45, 2.75) is 32.9 Å². The molecule has 0 radical (unpaired) electrons. The van der Waals surface area contributed by atoms with E-state index in [9.17, 15) is 8.42 Å². The van der Waals surface area contributed by atoms with Gasteiger partial charge < -0.3 is 5.32 Å². The van der Waals surface area contributed by atoms with Gasteiger partial charge in [-0.1, -0.05) is 25.5 Å². The second-order valence-electron chi connectivity index (χ2n) is 5.35. The molecule has 0 saturated heterocycles. The van der Waals surface area contributed by atoms with E-state index >= 15 is 0 Å². The second-order valence-corrected chi connectivity index (χ2v) is 9.50. The number of nitrogens with one attached hydrogen (secondary N) is 1. The van der Waals surface area contributed by atoms with Crippen LogP contribution in [0, 0.1) is 0 Å². The number of sulfonamides is 1. The minimum Gasteiger partial charge on any atom is -0.316 e. The molecule has 23 heavy (non-hydrogen) atoms. The first-order valence-electron chi connectivity index (χ1n) is 7.85. The third kappa shape index (κ3) is 6.35. The highest BCUT2D eigenvalue weighted by molar-refractivity contribution is 7.89. The van der Waals surface area contributed by atoms with Crippen LogP contribution < -0.4 is 5.32 Å². The molecule has 7 heteroatoms. The monoisotopic (exact) mass is 372 g/mol. The molecule has 0 aromatic carbocycles. The summed E-state index contributed by atoms with van der Waals surface area (Å²) < 4.78 is 27.0. The van der Waals surface area contributed by atoms with Crippen molar-refractivity contribution in [3.8, 4) is 0 Å². The smallest absolute Gasteiger partial charge is 0.216 e. The summed E-state index contributed by atoms with van der Waals surface area (Å²) in [6.07, 6.45) is 2.19. The Balaban J connectivity index is 1.99. The van der Waals surface area contributed by atoms with E-state index in [4.69, 9.17) is 0 Å². The van der Waals surface area contributed by atoms with Crippen LogP contribution in [0.15, 0.2) is 35.0 Å². The summed E-state index contributed by atoms with van der Waals surface area (Å²) in [4.78, 5) is 2.15. The Kier molecular flexibility index (Phi) is 7.72. The van der Waals surface area contributed by atoms with E-state index in [0.29, 0.717) is 19.6 Å². The Morgan fingerprint density at radius 1 is 1.04 bits per heavy atom. The largest absolute Gasteiger partial charge is 0.316 e. The fraction of sp³-hybridized carbons (Fsp3) is 0.500. The zero-order valence-corrected chi connectivity index (χ0v) is 15.9. The molecule has 0 fully saturated rings. The van der Waals surface area contributed by atoms with Gasteiger partial charge in [-0.15, -0.1) is 22.7 Å². The molecule has 0 aliphatic carbocycles. The van der Waals surface area contributed by atoms with E-state index in [1.807, 2.05) is 35.0 Å². The zero-order valence-electron chi connectivity index (χ0n) is 13.4. The quantitative estimate of drug-likeness (QED) is 0.614. The van der Waals surface area contributed by atoms with Crippen LogP contribution in [0.5, 0.6) is 0 Å². The van der Waals surface area contributed by atoms with Crippen molar-refractivity contribution in [1.29, 1.82) is 0 Å². The Bertz CT molecular complexity index is 601. The predicted octanol–water partition coefficient (Wildman–Crippen LogP) is 3.53. The second kappa shape index (κ2) is 9.54. The summed E-state index contributed by atoms with van der Waals surface area (Å²) in [7, 11) is -3.28. The molecule has 0 atom stereocenters. The maximum absolute atomic E-state index is 12.7. The summed E-state index contributed by atoms with van der Waals surface area (Å²) in [6, 6.07) is 7.90. The Morgan fingerprint density at radius 3 is 2.13 bits per heavy atom. The third-order valence-corrected chi connectivity index (χ3v) is 6.95. The number of hydrogen-bond acceptors (Lipinski definition) is 5. The van der Waals surface area contributed by atoms with Crippen LogP contribution >= 0.6 is 22.7 Å². The lowest BCUT2D eigenvalue weighted by Gasteiger charge is -2.21.